The highest BCUT2D eigenvalue weighted by atomic mass is 35.5. The van der Waals surface area contributed by atoms with Crippen LogP contribution in [0.5, 0.6) is 5.75 Å². The molecule has 11 heteroatoms. The van der Waals surface area contributed by atoms with Gasteiger partial charge in [0.25, 0.3) is 11.8 Å². The number of hydrogen-bond donors (Lipinski definition) is 1. The third-order valence-electron chi connectivity index (χ3n) is 3.68. The summed E-state index contributed by atoms with van der Waals surface area (Å²) in [6.45, 7) is 0. The van der Waals surface area contributed by atoms with Crippen LogP contribution in [0.2, 0.25) is 10.0 Å². The molecule has 0 aromatic heterocycles. The summed E-state index contributed by atoms with van der Waals surface area (Å²) in [6, 6.07) is 9.52. The number of hydrogen-bond acceptors (Lipinski definition) is 4. The normalized spacial score (nSPS) is 16.2. The highest BCUT2D eigenvalue weighted by Crippen LogP contribution is 2.32. The first-order chi connectivity index (χ1) is 13.5. The molecule has 2 amide bonds. The van der Waals surface area contributed by atoms with E-state index in [-0.39, 0.29) is 21.3 Å². The van der Waals surface area contributed by atoms with E-state index in [0.29, 0.717) is 10.7 Å². The van der Waals surface area contributed by atoms with E-state index in [4.69, 9.17) is 35.4 Å². The van der Waals surface area contributed by atoms with E-state index >= 15 is 0 Å². The third-order valence-corrected chi connectivity index (χ3v) is 4.51. The average Bonchev–Trinajstić information content (AvgIpc) is 2.61. The van der Waals surface area contributed by atoms with Gasteiger partial charge in [-0.3, -0.25) is 19.8 Å². The number of ether oxygens (including phenoxy) is 1. The Bertz CT molecular complexity index is 1040. The lowest BCUT2D eigenvalue weighted by Crippen LogP contribution is -2.54. The van der Waals surface area contributed by atoms with Crippen LogP contribution in [0.1, 0.15) is 5.56 Å². The van der Waals surface area contributed by atoms with Crippen molar-refractivity contribution < 1.29 is 27.5 Å². The minimum Gasteiger partial charge on any atom is -0.404 e. The number of carbonyl (C=O) groups is 2. The SMILES string of the molecule is O=C1NC(=S)N(c2ccc(Cl)cc2)C(=O)C1=Cc1ccc(OC(F)(F)F)c(Cl)c1. The zero-order chi connectivity index (χ0) is 21.3. The molecule has 3 rings (SSSR count). The summed E-state index contributed by atoms with van der Waals surface area (Å²) in [5.74, 6) is -2.07. The first-order valence-corrected chi connectivity index (χ1v) is 8.94. The summed E-state index contributed by atoms with van der Waals surface area (Å²) >= 11 is 16.7. The molecule has 0 spiro atoms. The van der Waals surface area contributed by atoms with Crippen molar-refractivity contribution in [1.82, 2.24) is 5.32 Å². The van der Waals surface area contributed by atoms with Crippen molar-refractivity contribution in [2.45, 2.75) is 6.36 Å². The summed E-state index contributed by atoms with van der Waals surface area (Å²) < 4.78 is 40.8. The molecule has 0 saturated carbocycles. The monoisotopic (exact) mass is 460 g/mol. The lowest BCUT2D eigenvalue weighted by molar-refractivity contribution is -0.274. The molecule has 150 valence electrons. The van der Waals surface area contributed by atoms with Gasteiger partial charge < -0.3 is 4.74 Å². The molecule has 2 aromatic carbocycles. The van der Waals surface area contributed by atoms with Gasteiger partial charge in [0, 0.05) is 5.02 Å². The second-order valence-corrected chi connectivity index (χ2v) is 6.90. The Kier molecular flexibility index (Phi) is 5.83. The van der Waals surface area contributed by atoms with E-state index < -0.39 is 23.9 Å². The molecule has 0 radical (unpaired) electrons. The number of nitrogens with one attached hydrogen (secondary N) is 1. The Labute approximate surface area is 177 Å². The number of halogens is 5. The third kappa shape index (κ3) is 4.87. The van der Waals surface area contributed by atoms with Gasteiger partial charge in [0.1, 0.15) is 11.3 Å². The number of rotatable bonds is 3. The van der Waals surface area contributed by atoms with Crippen molar-refractivity contribution in [1.29, 1.82) is 0 Å². The summed E-state index contributed by atoms with van der Waals surface area (Å²) in [7, 11) is 0. The quantitative estimate of drug-likeness (QED) is 0.408. The van der Waals surface area contributed by atoms with Gasteiger partial charge in [0.05, 0.1) is 10.7 Å². The Balaban J connectivity index is 1.94. The van der Waals surface area contributed by atoms with Crippen molar-refractivity contribution in [2.75, 3.05) is 4.90 Å². The fourth-order valence-electron chi connectivity index (χ4n) is 2.46. The molecule has 5 nitrogen and oxygen atoms in total. The summed E-state index contributed by atoms with van der Waals surface area (Å²) in [5.41, 5.74) is 0.309. The molecule has 0 bridgehead atoms. The molecule has 1 aliphatic rings. The molecule has 0 unspecified atom stereocenters. The number of nitrogens with zero attached hydrogens (tertiary/aromatic N) is 1. The van der Waals surface area contributed by atoms with Crippen LogP contribution in [0.25, 0.3) is 6.08 Å². The van der Waals surface area contributed by atoms with Gasteiger partial charge >= 0.3 is 6.36 Å². The lowest BCUT2D eigenvalue weighted by atomic mass is 10.1. The maximum Gasteiger partial charge on any atom is 0.573 e. The zero-order valence-electron chi connectivity index (χ0n) is 14.1. The largest absolute Gasteiger partial charge is 0.573 e. The first kappa shape index (κ1) is 21.1. The Hall–Kier alpha value is -2.62. The number of thiocarbonyl (C=S) groups is 1. The molecule has 0 aliphatic carbocycles. The predicted octanol–water partition coefficient (Wildman–Crippen LogP) is 4.72. The maximum absolute atomic E-state index is 12.8. The van der Waals surface area contributed by atoms with E-state index in [1.807, 2.05) is 0 Å². The predicted molar refractivity (Wildman–Crippen MR) is 106 cm³/mol. The minimum absolute atomic E-state index is 0.119. The van der Waals surface area contributed by atoms with Gasteiger partial charge in [-0.25, -0.2) is 0 Å². The molecule has 1 aliphatic heterocycles. The highest BCUT2D eigenvalue weighted by Gasteiger charge is 2.35. The Morgan fingerprint density at radius 1 is 1.07 bits per heavy atom. The van der Waals surface area contributed by atoms with Gasteiger partial charge in [-0.2, -0.15) is 0 Å². The van der Waals surface area contributed by atoms with Crippen LogP contribution in [0.15, 0.2) is 48.0 Å². The summed E-state index contributed by atoms with van der Waals surface area (Å²) in [4.78, 5) is 26.2. The average molecular weight is 461 g/mol. The number of anilines is 1. The Morgan fingerprint density at radius 3 is 2.31 bits per heavy atom. The molecule has 1 N–H and O–H groups in total. The second kappa shape index (κ2) is 8.02. The molecule has 1 fully saturated rings. The van der Waals surface area contributed by atoms with Crippen LogP contribution in [-0.2, 0) is 9.59 Å². The number of carbonyl (C=O) groups excluding carboxylic acids is 2. The van der Waals surface area contributed by atoms with Crippen LogP contribution >= 0.6 is 35.4 Å². The smallest absolute Gasteiger partial charge is 0.404 e. The highest BCUT2D eigenvalue weighted by molar-refractivity contribution is 7.80. The van der Waals surface area contributed by atoms with Crippen LogP contribution in [0.4, 0.5) is 18.9 Å². The van der Waals surface area contributed by atoms with Crippen molar-refractivity contribution >= 4 is 64.1 Å². The molecule has 29 heavy (non-hydrogen) atoms. The van der Waals surface area contributed by atoms with Gasteiger partial charge in [0.2, 0.25) is 0 Å². The fraction of sp³-hybridized carbons (Fsp3) is 0.0556. The molecule has 1 saturated heterocycles. The summed E-state index contributed by atoms with van der Waals surface area (Å²) in [5, 5.41) is 2.37. The van der Waals surface area contributed by atoms with Crippen molar-refractivity contribution in [2.24, 2.45) is 0 Å². The van der Waals surface area contributed by atoms with Crippen molar-refractivity contribution in [3.05, 3.63) is 63.6 Å². The minimum atomic E-state index is -4.91. The van der Waals surface area contributed by atoms with Crippen LogP contribution < -0.4 is 15.0 Å². The molecular weight excluding hydrogens is 452 g/mol. The topological polar surface area (TPSA) is 58.6 Å². The van der Waals surface area contributed by atoms with Crippen LogP contribution in [-0.4, -0.2) is 23.3 Å². The molecule has 1 heterocycles. The van der Waals surface area contributed by atoms with Gasteiger partial charge in [-0.1, -0.05) is 29.3 Å². The number of alkyl halides is 3. The number of benzene rings is 2. The Morgan fingerprint density at radius 2 is 1.72 bits per heavy atom. The number of amides is 2. The van der Waals surface area contributed by atoms with Crippen molar-refractivity contribution in [3.63, 3.8) is 0 Å². The molecule has 2 aromatic rings. The first-order valence-electron chi connectivity index (χ1n) is 7.77. The maximum atomic E-state index is 12.8. The fourth-order valence-corrected chi connectivity index (χ4v) is 3.10. The van der Waals surface area contributed by atoms with Crippen molar-refractivity contribution in [3.8, 4) is 5.75 Å². The van der Waals surface area contributed by atoms with Crippen LogP contribution in [0, 0.1) is 0 Å². The summed E-state index contributed by atoms with van der Waals surface area (Å²) in [6.07, 6.45) is -3.72. The van der Waals surface area contributed by atoms with Gasteiger partial charge in [0.15, 0.2) is 5.11 Å². The van der Waals surface area contributed by atoms with E-state index in [1.165, 1.54) is 12.1 Å². The van der Waals surface area contributed by atoms with E-state index in [2.05, 4.69) is 10.1 Å². The molecule has 0 atom stereocenters. The van der Waals surface area contributed by atoms with Gasteiger partial charge in [-0.15, -0.1) is 13.2 Å². The van der Waals surface area contributed by atoms with E-state index in [9.17, 15) is 22.8 Å². The van der Waals surface area contributed by atoms with Crippen LogP contribution in [0.3, 0.4) is 0 Å². The standard InChI is InChI=1S/C18H9Cl2F3N2O3S/c19-10-2-4-11(5-3-10)25-16(27)12(15(26)24-17(25)29)7-9-1-6-14(13(20)8-9)28-18(21,22)23/h1-8H,(H,24,26,29). The van der Waals surface area contributed by atoms with Gasteiger partial charge in [-0.05, 0) is 60.3 Å². The zero-order valence-corrected chi connectivity index (χ0v) is 16.4. The molecular formula is C18H9Cl2F3N2O3S. The van der Waals surface area contributed by atoms with E-state index in [0.717, 1.165) is 17.0 Å². The second-order valence-electron chi connectivity index (χ2n) is 5.67. The lowest BCUT2D eigenvalue weighted by Gasteiger charge is -2.29. The van der Waals surface area contributed by atoms with E-state index in [1.54, 1.807) is 24.3 Å².